The summed E-state index contributed by atoms with van der Waals surface area (Å²) >= 11 is 0. The Kier molecular flexibility index (Phi) is 5.18. The Morgan fingerprint density at radius 2 is 1.88 bits per heavy atom. The van der Waals surface area contributed by atoms with Gasteiger partial charge in [0.1, 0.15) is 18.2 Å². The second kappa shape index (κ2) is 6.96. The van der Waals surface area contributed by atoms with Gasteiger partial charge in [0.2, 0.25) is 15.9 Å². The van der Waals surface area contributed by atoms with Gasteiger partial charge < -0.3 is 5.32 Å². The first-order valence-corrected chi connectivity index (χ1v) is 8.81. The van der Waals surface area contributed by atoms with Crippen molar-refractivity contribution in [3.8, 4) is 0 Å². The quantitative estimate of drug-likeness (QED) is 0.898. The van der Waals surface area contributed by atoms with Gasteiger partial charge in [-0.05, 0) is 36.8 Å². The van der Waals surface area contributed by atoms with Crippen LogP contribution in [0.2, 0.25) is 0 Å². The molecule has 0 radical (unpaired) electrons. The van der Waals surface area contributed by atoms with Gasteiger partial charge >= 0.3 is 0 Å². The molecule has 24 heavy (non-hydrogen) atoms. The lowest BCUT2D eigenvalue weighted by Gasteiger charge is -2.22. The summed E-state index contributed by atoms with van der Waals surface area (Å²) in [7, 11) is -3.94. The summed E-state index contributed by atoms with van der Waals surface area (Å²) in [5.74, 6) is -2.55. The first-order chi connectivity index (χ1) is 11.2. The molecule has 8 heteroatoms. The fourth-order valence-corrected chi connectivity index (χ4v) is 2.98. The van der Waals surface area contributed by atoms with Crippen LogP contribution in [0.4, 0.5) is 20.2 Å². The van der Waals surface area contributed by atoms with Crippen LogP contribution in [0.5, 0.6) is 0 Å². The summed E-state index contributed by atoms with van der Waals surface area (Å²) in [6, 6.07) is 9.40. The van der Waals surface area contributed by atoms with Crippen LogP contribution in [-0.4, -0.2) is 27.1 Å². The van der Waals surface area contributed by atoms with E-state index in [-0.39, 0.29) is 0 Å². The van der Waals surface area contributed by atoms with E-state index in [9.17, 15) is 22.0 Å². The van der Waals surface area contributed by atoms with Gasteiger partial charge in [-0.2, -0.15) is 0 Å². The minimum Gasteiger partial charge on any atom is -0.325 e. The van der Waals surface area contributed by atoms with Gasteiger partial charge in [-0.15, -0.1) is 0 Å². The molecule has 0 aliphatic heterocycles. The van der Waals surface area contributed by atoms with Crippen molar-refractivity contribution >= 4 is 27.3 Å². The average Bonchev–Trinajstić information content (AvgIpc) is 2.44. The molecule has 1 amide bonds. The van der Waals surface area contributed by atoms with Crippen LogP contribution in [0.25, 0.3) is 0 Å². The van der Waals surface area contributed by atoms with Crippen molar-refractivity contribution in [1.82, 2.24) is 0 Å². The number of carbonyl (C=O) groups excluding carboxylic acids is 1. The van der Waals surface area contributed by atoms with Crippen LogP contribution < -0.4 is 9.62 Å². The van der Waals surface area contributed by atoms with Crippen molar-refractivity contribution in [3.05, 3.63) is 59.7 Å². The maximum Gasteiger partial charge on any atom is 0.245 e. The molecule has 2 aromatic rings. The van der Waals surface area contributed by atoms with Gasteiger partial charge in [-0.3, -0.25) is 9.10 Å². The van der Waals surface area contributed by atoms with Crippen molar-refractivity contribution < 1.29 is 22.0 Å². The van der Waals surface area contributed by atoms with E-state index in [2.05, 4.69) is 5.32 Å². The number of rotatable bonds is 5. The second-order valence-corrected chi connectivity index (χ2v) is 7.19. The van der Waals surface area contributed by atoms with E-state index in [1.807, 2.05) is 13.0 Å². The lowest BCUT2D eigenvalue weighted by molar-refractivity contribution is -0.114. The number of carbonyl (C=O) groups is 1. The molecule has 0 spiro atoms. The van der Waals surface area contributed by atoms with E-state index < -0.39 is 39.8 Å². The number of hydrogen-bond acceptors (Lipinski definition) is 3. The number of halogens is 2. The number of amides is 1. The Hall–Kier alpha value is -2.48. The lowest BCUT2D eigenvalue weighted by Crippen LogP contribution is -2.38. The average molecular weight is 354 g/mol. The minimum atomic E-state index is -3.94. The Morgan fingerprint density at radius 1 is 1.17 bits per heavy atom. The lowest BCUT2D eigenvalue weighted by atomic mass is 10.2. The second-order valence-electron chi connectivity index (χ2n) is 5.28. The van der Waals surface area contributed by atoms with Gasteiger partial charge in [0.05, 0.1) is 11.9 Å². The predicted molar refractivity (Wildman–Crippen MR) is 88.4 cm³/mol. The highest BCUT2D eigenvalue weighted by Gasteiger charge is 2.24. The number of hydrogen-bond donors (Lipinski definition) is 1. The SMILES string of the molecule is Cc1cccc(NC(=O)CN(c2ccc(F)cc2F)S(C)(=O)=O)c1. The summed E-state index contributed by atoms with van der Waals surface area (Å²) in [6.45, 7) is 1.21. The molecule has 2 rings (SSSR count). The predicted octanol–water partition coefficient (Wildman–Crippen LogP) is 2.68. The van der Waals surface area contributed by atoms with Gasteiger partial charge in [0.15, 0.2) is 0 Å². The van der Waals surface area contributed by atoms with Crippen molar-refractivity contribution in [1.29, 1.82) is 0 Å². The Balaban J connectivity index is 2.25. The standard InChI is InChI=1S/C16H16F2N2O3S/c1-11-4-3-5-13(8-11)19-16(21)10-20(24(2,22)23)15-7-6-12(17)9-14(15)18/h3-9H,10H2,1-2H3,(H,19,21). The van der Waals surface area contributed by atoms with Crippen molar-refractivity contribution in [2.24, 2.45) is 0 Å². The molecule has 0 saturated heterocycles. The van der Waals surface area contributed by atoms with E-state index in [1.54, 1.807) is 18.2 Å². The highest BCUT2D eigenvalue weighted by molar-refractivity contribution is 7.92. The third-order valence-electron chi connectivity index (χ3n) is 3.17. The topological polar surface area (TPSA) is 66.5 Å². The zero-order valence-electron chi connectivity index (χ0n) is 13.1. The van der Waals surface area contributed by atoms with E-state index in [4.69, 9.17) is 0 Å². The monoisotopic (exact) mass is 354 g/mol. The fraction of sp³-hybridized carbons (Fsp3) is 0.188. The van der Waals surface area contributed by atoms with Crippen LogP contribution in [0.3, 0.4) is 0 Å². The zero-order valence-corrected chi connectivity index (χ0v) is 13.9. The Labute approximate surface area is 139 Å². The molecule has 5 nitrogen and oxygen atoms in total. The third-order valence-corrected chi connectivity index (χ3v) is 4.29. The molecular formula is C16H16F2N2O3S. The van der Waals surface area contributed by atoms with Crippen LogP contribution in [0, 0.1) is 18.6 Å². The first-order valence-electron chi connectivity index (χ1n) is 6.96. The molecule has 0 saturated carbocycles. The molecule has 1 N–H and O–H groups in total. The normalized spacial score (nSPS) is 11.2. The molecule has 128 valence electrons. The maximum absolute atomic E-state index is 13.9. The van der Waals surface area contributed by atoms with Crippen LogP contribution in [0.15, 0.2) is 42.5 Å². The number of aryl methyl sites for hydroxylation is 1. The van der Waals surface area contributed by atoms with E-state index in [1.165, 1.54) is 0 Å². The van der Waals surface area contributed by atoms with Crippen LogP contribution >= 0.6 is 0 Å². The molecule has 0 atom stereocenters. The molecule has 0 bridgehead atoms. The maximum atomic E-state index is 13.9. The highest BCUT2D eigenvalue weighted by Crippen LogP contribution is 2.22. The molecule has 0 heterocycles. The summed E-state index contributed by atoms with van der Waals surface area (Å²) in [6.07, 6.45) is 0.843. The van der Waals surface area contributed by atoms with Crippen LogP contribution in [-0.2, 0) is 14.8 Å². The van der Waals surface area contributed by atoms with Crippen LogP contribution in [0.1, 0.15) is 5.56 Å². The number of nitrogens with one attached hydrogen (secondary N) is 1. The molecule has 0 unspecified atom stereocenters. The molecule has 2 aromatic carbocycles. The first kappa shape index (κ1) is 17.9. The molecule has 0 fully saturated rings. The summed E-state index contributed by atoms with van der Waals surface area (Å²) in [5, 5.41) is 2.54. The number of nitrogens with zero attached hydrogens (tertiary/aromatic N) is 1. The highest BCUT2D eigenvalue weighted by atomic mass is 32.2. The molecule has 0 aromatic heterocycles. The number of anilines is 2. The summed E-state index contributed by atoms with van der Waals surface area (Å²) < 4.78 is 51.3. The summed E-state index contributed by atoms with van der Waals surface area (Å²) in [4.78, 5) is 12.1. The van der Waals surface area contributed by atoms with E-state index >= 15 is 0 Å². The summed E-state index contributed by atoms with van der Waals surface area (Å²) in [5.41, 5.74) is 1.02. The molecule has 0 aliphatic carbocycles. The molecular weight excluding hydrogens is 338 g/mol. The minimum absolute atomic E-state index is 0.390. The van der Waals surface area contributed by atoms with Gasteiger partial charge in [0, 0.05) is 11.8 Å². The van der Waals surface area contributed by atoms with Gasteiger partial charge in [-0.25, -0.2) is 17.2 Å². The molecule has 0 aliphatic rings. The smallest absolute Gasteiger partial charge is 0.245 e. The Morgan fingerprint density at radius 3 is 2.46 bits per heavy atom. The number of benzene rings is 2. The Bertz CT molecular complexity index is 869. The fourth-order valence-electron chi connectivity index (χ4n) is 2.12. The van der Waals surface area contributed by atoms with Crippen molar-refractivity contribution in [2.45, 2.75) is 6.92 Å². The third kappa shape index (κ3) is 4.51. The number of sulfonamides is 1. The van der Waals surface area contributed by atoms with Gasteiger partial charge in [0.25, 0.3) is 0 Å². The zero-order chi connectivity index (χ0) is 17.9. The largest absolute Gasteiger partial charge is 0.325 e. The van der Waals surface area contributed by atoms with Gasteiger partial charge in [-0.1, -0.05) is 12.1 Å². The van der Waals surface area contributed by atoms with Crippen molar-refractivity contribution in [3.63, 3.8) is 0 Å². The van der Waals surface area contributed by atoms with E-state index in [0.29, 0.717) is 16.1 Å². The van der Waals surface area contributed by atoms with E-state index in [0.717, 1.165) is 24.0 Å². The van der Waals surface area contributed by atoms with Crippen molar-refractivity contribution in [2.75, 3.05) is 22.4 Å².